The molecule has 6 heteroatoms. The van der Waals surface area contributed by atoms with Gasteiger partial charge in [-0.1, -0.05) is 36.4 Å². The Labute approximate surface area is 201 Å². The SMILES string of the molecule is COc1ccc(C)cc1NC(=O)[C@@H](c1ccccc1)N1CCN(c2ccc(C(C)=O)cc2)CC1. The molecule has 176 valence electrons. The summed E-state index contributed by atoms with van der Waals surface area (Å²) in [6, 6.07) is 23.0. The van der Waals surface area contributed by atoms with E-state index in [0.717, 1.165) is 48.6 Å². The second kappa shape index (κ2) is 10.5. The van der Waals surface area contributed by atoms with Gasteiger partial charge in [0, 0.05) is 37.4 Å². The number of carbonyl (C=O) groups is 2. The zero-order valence-electron chi connectivity index (χ0n) is 20.0. The number of ether oxygens (including phenoxy) is 1. The number of amides is 1. The first-order valence-electron chi connectivity index (χ1n) is 11.6. The molecule has 1 fully saturated rings. The summed E-state index contributed by atoms with van der Waals surface area (Å²) in [5, 5.41) is 3.11. The zero-order valence-corrected chi connectivity index (χ0v) is 20.0. The number of carbonyl (C=O) groups excluding carboxylic acids is 2. The molecular weight excluding hydrogens is 426 g/mol. The first kappa shape index (κ1) is 23.5. The van der Waals surface area contributed by atoms with Crippen molar-refractivity contribution in [1.82, 2.24) is 4.90 Å². The fraction of sp³-hybridized carbons (Fsp3) is 0.286. The summed E-state index contributed by atoms with van der Waals surface area (Å²) < 4.78 is 5.46. The fourth-order valence-corrected chi connectivity index (χ4v) is 4.43. The van der Waals surface area contributed by atoms with Crippen LogP contribution in [0.1, 0.15) is 34.5 Å². The van der Waals surface area contributed by atoms with Crippen LogP contribution in [-0.2, 0) is 4.79 Å². The molecule has 0 aliphatic carbocycles. The number of ketones is 1. The predicted octanol–water partition coefficient (Wildman–Crippen LogP) is 4.71. The normalized spacial score (nSPS) is 15.0. The first-order valence-corrected chi connectivity index (χ1v) is 11.6. The fourth-order valence-electron chi connectivity index (χ4n) is 4.43. The van der Waals surface area contributed by atoms with Gasteiger partial charge < -0.3 is 15.0 Å². The van der Waals surface area contributed by atoms with E-state index >= 15 is 0 Å². The topological polar surface area (TPSA) is 61.9 Å². The Hall–Kier alpha value is -3.64. The maximum atomic E-state index is 13.6. The molecule has 1 saturated heterocycles. The van der Waals surface area contributed by atoms with Crippen LogP contribution in [0.2, 0.25) is 0 Å². The molecular formula is C28H31N3O3. The molecule has 4 rings (SSSR count). The minimum absolute atomic E-state index is 0.0679. The Kier molecular flexibility index (Phi) is 7.28. The third-order valence-electron chi connectivity index (χ3n) is 6.29. The van der Waals surface area contributed by atoms with Crippen LogP contribution in [0.5, 0.6) is 5.75 Å². The van der Waals surface area contributed by atoms with Gasteiger partial charge in [-0.15, -0.1) is 0 Å². The highest BCUT2D eigenvalue weighted by molar-refractivity contribution is 5.97. The second-order valence-corrected chi connectivity index (χ2v) is 8.63. The number of hydrogen-bond acceptors (Lipinski definition) is 5. The molecule has 34 heavy (non-hydrogen) atoms. The summed E-state index contributed by atoms with van der Waals surface area (Å²) >= 11 is 0. The lowest BCUT2D eigenvalue weighted by Crippen LogP contribution is -2.50. The molecule has 3 aromatic carbocycles. The lowest BCUT2D eigenvalue weighted by Gasteiger charge is -2.39. The monoisotopic (exact) mass is 457 g/mol. The summed E-state index contributed by atoms with van der Waals surface area (Å²) in [5.41, 5.74) is 4.50. The van der Waals surface area contributed by atoms with Crippen molar-refractivity contribution in [2.45, 2.75) is 19.9 Å². The van der Waals surface area contributed by atoms with Gasteiger partial charge >= 0.3 is 0 Å². The van der Waals surface area contributed by atoms with Crippen molar-refractivity contribution in [3.05, 3.63) is 89.5 Å². The van der Waals surface area contributed by atoms with Crippen LogP contribution in [-0.4, -0.2) is 49.9 Å². The molecule has 0 bridgehead atoms. The average Bonchev–Trinajstić information content (AvgIpc) is 2.85. The van der Waals surface area contributed by atoms with Crippen LogP contribution >= 0.6 is 0 Å². The molecule has 0 radical (unpaired) electrons. The van der Waals surface area contributed by atoms with E-state index in [2.05, 4.69) is 15.1 Å². The van der Waals surface area contributed by atoms with Crippen LogP contribution in [0.3, 0.4) is 0 Å². The largest absolute Gasteiger partial charge is 0.495 e. The summed E-state index contributed by atoms with van der Waals surface area (Å²) in [6.07, 6.45) is 0. The Morgan fingerprint density at radius 3 is 2.21 bits per heavy atom. The second-order valence-electron chi connectivity index (χ2n) is 8.63. The van der Waals surface area contributed by atoms with E-state index in [1.165, 1.54) is 0 Å². The molecule has 0 spiro atoms. The van der Waals surface area contributed by atoms with Crippen LogP contribution in [0.25, 0.3) is 0 Å². The number of rotatable bonds is 7. The average molecular weight is 458 g/mol. The number of anilines is 2. The summed E-state index contributed by atoms with van der Waals surface area (Å²) in [7, 11) is 1.61. The number of piperazine rings is 1. The van der Waals surface area contributed by atoms with Crippen molar-refractivity contribution in [3.8, 4) is 5.75 Å². The lowest BCUT2D eigenvalue weighted by molar-refractivity contribution is -0.121. The number of nitrogens with zero attached hydrogens (tertiary/aromatic N) is 2. The van der Waals surface area contributed by atoms with Crippen LogP contribution in [0.15, 0.2) is 72.8 Å². The summed E-state index contributed by atoms with van der Waals surface area (Å²) in [4.78, 5) is 29.7. The Morgan fingerprint density at radius 2 is 1.59 bits per heavy atom. The van der Waals surface area contributed by atoms with E-state index in [0.29, 0.717) is 11.4 Å². The molecule has 1 atom stereocenters. The number of hydrogen-bond donors (Lipinski definition) is 1. The molecule has 0 saturated carbocycles. The molecule has 0 aromatic heterocycles. The molecule has 0 unspecified atom stereocenters. The summed E-state index contributed by atoms with van der Waals surface area (Å²) in [5.74, 6) is 0.636. The van der Waals surface area contributed by atoms with Gasteiger partial charge in [0.2, 0.25) is 5.91 Å². The number of Topliss-reactive ketones (excluding diaryl/α,β-unsaturated/α-hetero) is 1. The van der Waals surface area contributed by atoms with E-state index in [4.69, 9.17) is 4.74 Å². The molecule has 1 amide bonds. The van der Waals surface area contributed by atoms with Gasteiger partial charge in [-0.25, -0.2) is 0 Å². The number of methoxy groups -OCH3 is 1. The Bertz CT molecular complexity index is 1140. The standard InChI is InChI=1S/C28H31N3O3/c1-20-9-14-26(34-3)25(19-20)29-28(33)27(23-7-5-4-6-8-23)31-17-15-30(16-18-31)24-12-10-22(11-13-24)21(2)32/h4-14,19,27H,15-18H2,1-3H3,(H,29,33)/t27-/m1/s1. The van der Waals surface area contributed by atoms with Crippen LogP contribution < -0.4 is 15.0 Å². The third-order valence-corrected chi connectivity index (χ3v) is 6.29. The van der Waals surface area contributed by atoms with E-state index in [1.54, 1.807) is 14.0 Å². The van der Waals surface area contributed by atoms with Crippen molar-refractivity contribution in [2.24, 2.45) is 0 Å². The van der Waals surface area contributed by atoms with Gasteiger partial charge in [-0.3, -0.25) is 14.5 Å². The minimum atomic E-state index is -0.409. The van der Waals surface area contributed by atoms with Crippen LogP contribution in [0.4, 0.5) is 11.4 Å². The molecule has 1 aliphatic heterocycles. The molecule has 1 aliphatic rings. The maximum Gasteiger partial charge on any atom is 0.246 e. The van der Waals surface area contributed by atoms with Crippen LogP contribution in [0, 0.1) is 6.92 Å². The molecule has 3 aromatic rings. The van der Waals surface area contributed by atoms with E-state index < -0.39 is 6.04 Å². The third kappa shape index (κ3) is 5.29. The van der Waals surface area contributed by atoms with Gasteiger partial charge in [0.05, 0.1) is 12.8 Å². The van der Waals surface area contributed by atoms with Crippen molar-refractivity contribution >= 4 is 23.1 Å². The Morgan fingerprint density at radius 1 is 0.912 bits per heavy atom. The first-order chi connectivity index (χ1) is 16.5. The lowest BCUT2D eigenvalue weighted by atomic mass is 10.0. The van der Waals surface area contributed by atoms with E-state index in [9.17, 15) is 9.59 Å². The smallest absolute Gasteiger partial charge is 0.246 e. The van der Waals surface area contributed by atoms with Gasteiger partial charge in [0.15, 0.2) is 5.78 Å². The van der Waals surface area contributed by atoms with Gasteiger partial charge in [0.1, 0.15) is 11.8 Å². The van der Waals surface area contributed by atoms with Gasteiger partial charge in [-0.05, 0) is 61.4 Å². The quantitative estimate of drug-likeness (QED) is 0.521. The highest BCUT2D eigenvalue weighted by Crippen LogP contribution is 2.30. The molecule has 1 N–H and O–H groups in total. The van der Waals surface area contributed by atoms with Gasteiger partial charge in [0.25, 0.3) is 0 Å². The highest BCUT2D eigenvalue weighted by atomic mass is 16.5. The van der Waals surface area contributed by atoms with Crippen molar-refractivity contribution in [1.29, 1.82) is 0 Å². The highest BCUT2D eigenvalue weighted by Gasteiger charge is 2.31. The van der Waals surface area contributed by atoms with Crippen molar-refractivity contribution in [3.63, 3.8) is 0 Å². The minimum Gasteiger partial charge on any atom is -0.495 e. The number of aryl methyl sites for hydroxylation is 1. The van der Waals surface area contributed by atoms with Gasteiger partial charge in [-0.2, -0.15) is 0 Å². The molecule has 1 heterocycles. The van der Waals surface area contributed by atoms with Crippen molar-refractivity contribution < 1.29 is 14.3 Å². The number of nitrogens with one attached hydrogen (secondary N) is 1. The number of benzene rings is 3. The zero-order chi connectivity index (χ0) is 24.1. The Balaban J connectivity index is 1.52. The van der Waals surface area contributed by atoms with E-state index in [-0.39, 0.29) is 11.7 Å². The van der Waals surface area contributed by atoms with Crippen molar-refractivity contribution in [2.75, 3.05) is 43.5 Å². The predicted molar refractivity (Wildman–Crippen MR) is 136 cm³/mol. The maximum absolute atomic E-state index is 13.6. The summed E-state index contributed by atoms with van der Waals surface area (Å²) in [6.45, 7) is 6.65. The van der Waals surface area contributed by atoms with E-state index in [1.807, 2.05) is 79.7 Å². The molecule has 6 nitrogen and oxygen atoms in total.